The minimum Gasteiger partial charge on any atom is -0.444 e. The molecule has 2 bridgehead atoms. The fraction of sp³-hybridized carbons (Fsp3) is 0.381. The number of benzene rings is 2. The lowest BCUT2D eigenvalue weighted by Gasteiger charge is -2.51. The van der Waals surface area contributed by atoms with Crippen molar-refractivity contribution in [1.29, 1.82) is 0 Å². The number of aliphatic hydroxyl groups is 1. The zero-order valence-electron chi connectivity index (χ0n) is 16.6. The summed E-state index contributed by atoms with van der Waals surface area (Å²) < 4.78 is 103. The maximum Gasteiger partial charge on any atom is 0.432 e. The van der Waals surface area contributed by atoms with Crippen LogP contribution in [0.4, 0.5) is 22.0 Å². The van der Waals surface area contributed by atoms with Gasteiger partial charge in [-0.2, -0.15) is 30.4 Å². The Bertz CT molecular complexity index is 1160. The number of hydrogen-bond donors (Lipinski definition) is 2. The average Bonchev–Trinajstić information content (AvgIpc) is 2.75. The van der Waals surface area contributed by atoms with Crippen LogP contribution in [0.1, 0.15) is 40.5 Å². The molecular weight excluding hydrogens is 475 g/mol. The number of halogens is 5. The molecule has 2 aromatic rings. The number of alkyl halides is 5. The average molecular weight is 492 g/mol. The third-order valence-electron chi connectivity index (χ3n) is 6.35. The van der Waals surface area contributed by atoms with Crippen molar-refractivity contribution < 1.29 is 49.6 Å². The number of fused-ring (bicyclic) bond motifs is 1. The van der Waals surface area contributed by atoms with Gasteiger partial charge < -0.3 is 9.84 Å². The molecule has 3 aliphatic rings. The lowest BCUT2D eigenvalue weighted by molar-refractivity contribution is -0.264. The SMILES string of the molecule is O=C(OC(C(F)(F)F)C(F)(F)S(=O)(=O)O)C1(CO)CC2c3ccccc3C1c1ccccc12. The first-order valence-electron chi connectivity index (χ1n) is 9.67. The highest BCUT2D eigenvalue weighted by molar-refractivity contribution is 7.86. The van der Waals surface area contributed by atoms with Crippen LogP contribution in [-0.2, 0) is 19.6 Å². The van der Waals surface area contributed by atoms with Gasteiger partial charge in [0.2, 0.25) is 0 Å². The standard InChI is InChI=1S/C21H17F5O6S/c22-20(23,24)17(21(25,26)33(29,30)31)32-18(28)19(10-27)9-15-11-5-1-3-7-13(11)16(19)14-8-4-2-6-12(14)15/h1-8,15-17,27H,9-10H2,(H,29,30,31). The van der Waals surface area contributed by atoms with Crippen LogP contribution >= 0.6 is 0 Å². The molecule has 0 heterocycles. The number of hydrogen-bond acceptors (Lipinski definition) is 5. The van der Waals surface area contributed by atoms with Crippen LogP contribution in [0.25, 0.3) is 0 Å². The molecule has 12 heteroatoms. The number of ether oxygens (including phenoxy) is 1. The lowest BCUT2D eigenvalue weighted by Crippen LogP contribution is -2.56. The second-order valence-corrected chi connectivity index (χ2v) is 9.62. The molecular formula is C21H17F5O6S. The van der Waals surface area contributed by atoms with E-state index < -0.39 is 57.5 Å². The smallest absolute Gasteiger partial charge is 0.432 e. The number of carbonyl (C=O) groups is 1. The molecule has 33 heavy (non-hydrogen) atoms. The third kappa shape index (κ3) is 3.42. The van der Waals surface area contributed by atoms with Gasteiger partial charge in [0.1, 0.15) is 5.41 Å². The normalized spacial score (nSPS) is 25.2. The van der Waals surface area contributed by atoms with Crippen molar-refractivity contribution in [2.45, 2.75) is 35.8 Å². The zero-order chi connectivity index (χ0) is 24.4. The molecule has 0 fully saturated rings. The van der Waals surface area contributed by atoms with Crippen molar-refractivity contribution in [1.82, 2.24) is 0 Å². The van der Waals surface area contributed by atoms with Crippen molar-refractivity contribution in [2.24, 2.45) is 5.41 Å². The Labute approximate surface area is 184 Å². The molecule has 178 valence electrons. The molecule has 2 aromatic carbocycles. The van der Waals surface area contributed by atoms with E-state index in [1.165, 1.54) is 0 Å². The Morgan fingerprint density at radius 3 is 1.85 bits per heavy atom. The highest BCUT2D eigenvalue weighted by Crippen LogP contribution is 2.61. The van der Waals surface area contributed by atoms with E-state index in [0.717, 1.165) is 11.1 Å². The molecule has 0 aliphatic heterocycles. The summed E-state index contributed by atoms with van der Waals surface area (Å²) in [5, 5.41) is 4.37. The van der Waals surface area contributed by atoms with E-state index in [2.05, 4.69) is 4.74 Å². The van der Waals surface area contributed by atoms with E-state index in [-0.39, 0.29) is 6.42 Å². The molecule has 0 aromatic heterocycles. The van der Waals surface area contributed by atoms with Gasteiger partial charge in [0, 0.05) is 11.8 Å². The number of carbonyl (C=O) groups excluding carboxylic acids is 1. The van der Waals surface area contributed by atoms with Crippen molar-refractivity contribution in [2.75, 3.05) is 6.61 Å². The van der Waals surface area contributed by atoms with Gasteiger partial charge in [0.25, 0.3) is 6.10 Å². The van der Waals surface area contributed by atoms with Crippen LogP contribution in [0, 0.1) is 5.41 Å². The van der Waals surface area contributed by atoms with Crippen LogP contribution in [0.5, 0.6) is 0 Å². The maximum absolute atomic E-state index is 14.0. The molecule has 2 N–H and O–H groups in total. The van der Waals surface area contributed by atoms with Crippen molar-refractivity contribution in [3.63, 3.8) is 0 Å². The highest BCUT2D eigenvalue weighted by Gasteiger charge is 2.68. The molecule has 0 saturated heterocycles. The first-order valence-corrected chi connectivity index (χ1v) is 11.1. The minimum atomic E-state index is -6.59. The number of esters is 1. The van der Waals surface area contributed by atoms with Crippen LogP contribution in [0.15, 0.2) is 48.5 Å². The topological polar surface area (TPSA) is 101 Å². The Hall–Kier alpha value is -2.57. The van der Waals surface area contributed by atoms with E-state index in [1.807, 2.05) is 0 Å². The summed E-state index contributed by atoms with van der Waals surface area (Å²) in [7, 11) is -6.59. The van der Waals surface area contributed by atoms with Crippen molar-refractivity contribution >= 4 is 16.1 Å². The zero-order valence-corrected chi connectivity index (χ0v) is 17.4. The Morgan fingerprint density at radius 2 is 1.45 bits per heavy atom. The fourth-order valence-corrected chi connectivity index (χ4v) is 5.37. The molecule has 0 spiro atoms. The van der Waals surface area contributed by atoms with Gasteiger partial charge in [-0.15, -0.1) is 0 Å². The summed E-state index contributed by atoms with van der Waals surface area (Å²) in [5.74, 6) is -3.41. The predicted molar refractivity (Wildman–Crippen MR) is 103 cm³/mol. The molecule has 2 unspecified atom stereocenters. The summed E-state index contributed by atoms with van der Waals surface area (Å²) in [5.41, 5.74) is 0.487. The molecule has 0 saturated carbocycles. The molecule has 2 atom stereocenters. The lowest BCUT2D eigenvalue weighted by atomic mass is 9.52. The van der Waals surface area contributed by atoms with E-state index in [0.29, 0.717) is 11.1 Å². The van der Waals surface area contributed by atoms with Crippen LogP contribution in [-0.4, -0.2) is 48.2 Å². The highest BCUT2D eigenvalue weighted by atomic mass is 32.2. The van der Waals surface area contributed by atoms with Gasteiger partial charge in [-0.05, 0) is 28.7 Å². The van der Waals surface area contributed by atoms with Crippen molar-refractivity contribution in [3.8, 4) is 0 Å². The molecule has 0 radical (unpaired) electrons. The third-order valence-corrected chi connectivity index (χ3v) is 7.25. The molecule has 5 rings (SSSR count). The number of aliphatic hydroxyl groups excluding tert-OH is 1. The van der Waals surface area contributed by atoms with E-state index in [4.69, 9.17) is 4.55 Å². The second kappa shape index (κ2) is 7.47. The molecule has 0 amide bonds. The summed E-state index contributed by atoms with van der Waals surface area (Å²) in [6, 6.07) is 13.5. The second-order valence-electron chi connectivity index (χ2n) is 8.13. The van der Waals surface area contributed by atoms with Crippen molar-refractivity contribution in [3.05, 3.63) is 70.8 Å². The van der Waals surface area contributed by atoms with Gasteiger partial charge in [-0.1, -0.05) is 48.5 Å². The minimum absolute atomic E-state index is 0.247. The first kappa shape index (κ1) is 23.6. The first-order chi connectivity index (χ1) is 15.3. The Balaban J connectivity index is 1.84. The van der Waals surface area contributed by atoms with Gasteiger partial charge in [-0.25, -0.2) is 0 Å². The summed E-state index contributed by atoms with van der Waals surface area (Å²) >= 11 is 0. The summed E-state index contributed by atoms with van der Waals surface area (Å²) in [4.78, 5) is 13.1. The van der Waals surface area contributed by atoms with E-state index in [9.17, 15) is 40.3 Å². The van der Waals surface area contributed by atoms with Gasteiger partial charge in [0.15, 0.2) is 0 Å². The molecule has 3 aliphatic carbocycles. The van der Waals surface area contributed by atoms with Gasteiger partial charge in [0.05, 0.1) is 6.61 Å². The van der Waals surface area contributed by atoms with E-state index >= 15 is 0 Å². The van der Waals surface area contributed by atoms with E-state index in [1.54, 1.807) is 48.5 Å². The predicted octanol–water partition coefficient (Wildman–Crippen LogP) is 3.60. The fourth-order valence-electron chi connectivity index (χ4n) is 4.92. The van der Waals surface area contributed by atoms with Crippen LogP contribution < -0.4 is 0 Å². The summed E-state index contributed by atoms with van der Waals surface area (Å²) in [6.07, 6.45) is -10.8. The summed E-state index contributed by atoms with van der Waals surface area (Å²) in [6.45, 7) is -1.04. The molecule has 6 nitrogen and oxygen atoms in total. The van der Waals surface area contributed by atoms with Crippen LogP contribution in [0.3, 0.4) is 0 Å². The Kier molecular flexibility index (Phi) is 5.34. The largest absolute Gasteiger partial charge is 0.444 e. The van der Waals surface area contributed by atoms with Gasteiger partial charge in [-0.3, -0.25) is 9.35 Å². The maximum atomic E-state index is 14.0. The van der Waals surface area contributed by atoms with Gasteiger partial charge >= 0.3 is 27.5 Å². The Morgan fingerprint density at radius 1 is 1.00 bits per heavy atom. The number of rotatable bonds is 5. The monoisotopic (exact) mass is 492 g/mol. The van der Waals surface area contributed by atoms with Crippen LogP contribution in [0.2, 0.25) is 0 Å². The quantitative estimate of drug-likeness (QED) is 0.376.